The van der Waals surface area contributed by atoms with Crippen molar-refractivity contribution in [1.29, 1.82) is 0 Å². The monoisotopic (exact) mass is 357 g/mol. The Balaban J connectivity index is 3.22. The van der Waals surface area contributed by atoms with Gasteiger partial charge in [-0.15, -0.1) is 0 Å². The van der Waals surface area contributed by atoms with Gasteiger partial charge in [-0.05, 0) is 28.9 Å². The molecule has 0 bridgehead atoms. The molecule has 0 aromatic carbocycles. The first-order valence-corrected chi connectivity index (χ1v) is 7.66. The van der Waals surface area contributed by atoms with E-state index in [1.165, 1.54) is 12.3 Å². The van der Waals surface area contributed by atoms with E-state index < -0.39 is 23.0 Å². The van der Waals surface area contributed by atoms with Crippen molar-refractivity contribution in [3.05, 3.63) is 16.7 Å². The maximum atomic E-state index is 12.3. The van der Waals surface area contributed by atoms with E-state index in [4.69, 9.17) is 0 Å². The zero-order chi connectivity index (χ0) is 14.6. The van der Waals surface area contributed by atoms with Gasteiger partial charge in [-0.25, -0.2) is 22.2 Å². The quantitative estimate of drug-likeness (QED) is 0.847. The van der Waals surface area contributed by atoms with E-state index in [0.29, 0.717) is 15.3 Å². The minimum absolute atomic E-state index is 0.133. The maximum absolute atomic E-state index is 12.3. The van der Waals surface area contributed by atoms with Gasteiger partial charge in [0.1, 0.15) is 10.7 Å². The van der Waals surface area contributed by atoms with Gasteiger partial charge < -0.3 is 5.32 Å². The second-order valence-corrected chi connectivity index (χ2v) is 6.64. The van der Waals surface area contributed by atoms with Gasteiger partial charge >= 0.3 is 0 Å². The van der Waals surface area contributed by atoms with Crippen molar-refractivity contribution in [3.63, 3.8) is 0 Å². The number of hydrogen-bond donors (Lipinski definition) is 1. The van der Waals surface area contributed by atoms with Crippen LogP contribution in [0.2, 0.25) is 0 Å². The number of alkyl halides is 2. The highest BCUT2D eigenvalue weighted by molar-refractivity contribution is 9.10. The van der Waals surface area contributed by atoms with Gasteiger partial charge in [-0.1, -0.05) is 0 Å². The van der Waals surface area contributed by atoms with Crippen molar-refractivity contribution >= 4 is 31.8 Å². The molecular formula is C10H14BrF2N3O2S. The standard InChI is InChI=1S/C10H14BrF2N3O2S/c1-3-14-10-8(4-7(11)5-15-10)19(17,18)16(2)6-9(12)13/h4-5,9H,3,6H2,1-2H3,(H,14,15). The summed E-state index contributed by atoms with van der Waals surface area (Å²) in [4.78, 5) is 3.81. The first-order chi connectivity index (χ1) is 8.78. The minimum Gasteiger partial charge on any atom is -0.369 e. The lowest BCUT2D eigenvalue weighted by Crippen LogP contribution is -2.32. The van der Waals surface area contributed by atoms with Crippen molar-refractivity contribution < 1.29 is 17.2 Å². The third kappa shape index (κ3) is 4.08. The Bertz CT molecular complexity index is 540. The van der Waals surface area contributed by atoms with Crippen LogP contribution in [0.1, 0.15) is 6.92 Å². The summed E-state index contributed by atoms with van der Waals surface area (Å²) in [5.41, 5.74) is 0. The average molecular weight is 358 g/mol. The van der Waals surface area contributed by atoms with Crippen LogP contribution in [0.4, 0.5) is 14.6 Å². The molecule has 0 aliphatic rings. The van der Waals surface area contributed by atoms with Crippen molar-refractivity contribution in [1.82, 2.24) is 9.29 Å². The number of anilines is 1. The summed E-state index contributed by atoms with van der Waals surface area (Å²) in [5, 5.41) is 2.79. The summed E-state index contributed by atoms with van der Waals surface area (Å²) >= 11 is 3.12. The predicted octanol–water partition coefficient (Wildman–Crippen LogP) is 2.16. The van der Waals surface area contributed by atoms with E-state index in [-0.39, 0.29) is 10.7 Å². The summed E-state index contributed by atoms with van der Waals surface area (Å²) in [7, 11) is -2.90. The molecule has 0 radical (unpaired) electrons. The molecule has 1 aromatic heterocycles. The van der Waals surface area contributed by atoms with E-state index in [2.05, 4.69) is 26.2 Å². The summed E-state index contributed by atoms with van der Waals surface area (Å²) in [6.45, 7) is 1.39. The van der Waals surface area contributed by atoms with E-state index in [1.807, 2.05) is 0 Å². The first-order valence-electron chi connectivity index (χ1n) is 5.43. The Morgan fingerprint density at radius 3 is 2.68 bits per heavy atom. The highest BCUT2D eigenvalue weighted by atomic mass is 79.9. The van der Waals surface area contributed by atoms with Gasteiger partial charge in [-0.3, -0.25) is 0 Å². The topological polar surface area (TPSA) is 62.3 Å². The molecule has 0 saturated heterocycles. The highest BCUT2D eigenvalue weighted by Gasteiger charge is 2.27. The number of rotatable bonds is 6. The van der Waals surface area contributed by atoms with E-state index in [0.717, 1.165) is 7.05 Å². The molecule has 19 heavy (non-hydrogen) atoms. The van der Waals surface area contributed by atoms with Crippen LogP contribution < -0.4 is 5.32 Å². The number of nitrogens with zero attached hydrogens (tertiary/aromatic N) is 2. The van der Waals surface area contributed by atoms with Crippen molar-refractivity contribution in [2.24, 2.45) is 0 Å². The molecule has 0 atom stereocenters. The Morgan fingerprint density at radius 1 is 1.53 bits per heavy atom. The third-order valence-electron chi connectivity index (χ3n) is 2.25. The van der Waals surface area contributed by atoms with Crippen LogP contribution in [0, 0.1) is 0 Å². The molecule has 1 N–H and O–H groups in total. The van der Waals surface area contributed by atoms with Crippen LogP contribution in [-0.4, -0.2) is 44.3 Å². The summed E-state index contributed by atoms with van der Waals surface area (Å²) < 4.78 is 50.1. The van der Waals surface area contributed by atoms with Crippen LogP contribution in [0.15, 0.2) is 21.6 Å². The lowest BCUT2D eigenvalue weighted by Gasteiger charge is -2.18. The average Bonchev–Trinajstić information content (AvgIpc) is 2.30. The summed E-state index contributed by atoms with van der Waals surface area (Å²) in [5.74, 6) is 0.145. The Labute approximate surface area is 119 Å². The largest absolute Gasteiger partial charge is 0.369 e. The maximum Gasteiger partial charge on any atom is 0.252 e. The zero-order valence-electron chi connectivity index (χ0n) is 10.4. The Morgan fingerprint density at radius 2 is 2.16 bits per heavy atom. The second-order valence-electron chi connectivity index (χ2n) is 3.71. The summed E-state index contributed by atoms with van der Waals surface area (Å²) in [6.07, 6.45) is -1.30. The number of sulfonamides is 1. The molecule has 0 fully saturated rings. The minimum atomic E-state index is -4.01. The Hall–Kier alpha value is -0.800. The number of pyridine rings is 1. The number of hydrogen-bond acceptors (Lipinski definition) is 4. The van der Waals surface area contributed by atoms with Crippen molar-refractivity contribution in [2.45, 2.75) is 18.2 Å². The molecular weight excluding hydrogens is 344 g/mol. The van der Waals surface area contributed by atoms with Gasteiger partial charge in [0, 0.05) is 24.3 Å². The normalized spacial score (nSPS) is 12.2. The summed E-state index contributed by atoms with van der Waals surface area (Å²) in [6, 6.07) is 1.34. The molecule has 0 unspecified atom stereocenters. The fourth-order valence-electron chi connectivity index (χ4n) is 1.38. The molecule has 0 saturated carbocycles. The van der Waals surface area contributed by atoms with Crippen molar-refractivity contribution in [3.8, 4) is 0 Å². The molecule has 0 aliphatic heterocycles. The van der Waals surface area contributed by atoms with E-state index in [9.17, 15) is 17.2 Å². The Kier molecular flexibility index (Phi) is 5.63. The third-order valence-corrected chi connectivity index (χ3v) is 4.52. The van der Waals surface area contributed by atoms with Gasteiger partial charge in [0.25, 0.3) is 6.43 Å². The fourth-order valence-corrected chi connectivity index (χ4v) is 3.15. The van der Waals surface area contributed by atoms with Crippen LogP contribution in [0.5, 0.6) is 0 Å². The van der Waals surface area contributed by atoms with Gasteiger partial charge in [-0.2, -0.15) is 4.31 Å². The lowest BCUT2D eigenvalue weighted by molar-refractivity contribution is 0.126. The SMILES string of the molecule is CCNc1ncc(Br)cc1S(=O)(=O)N(C)CC(F)F. The van der Waals surface area contributed by atoms with Gasteiger partial charge in [0.15, 0.2) is 0 Å². The molecule has 1 heterocycles. The second kappa shape index (κ2) is 6.58. The van der Waals surface area contributed by atoms with Crippen LogP contribution in [-0.2, 0) is 10.0 Å². The van der Waals surface area contributed by atoms with Gasteiger partial charge in [0.2, 0.25) is 10.0 Å². The highest BCUT2D eigenvalue weighted by Crippen LogP contribution is 2.25. The van der Waals surface area contributed by atoms with E-state index >= 15 is 0 Å². The molecule has 0 spiro atoms. The first kappa shape index (κ1) is 16.3. The fraction of sp³-hybridized carbons (Fsp3) is 0.500. The molecule has 0 amide bonds. The molecule has 0 aliphatic carbocycles. The van der Waals surface area contributed by atoms with Crippen LogP contribution in [0.3, 0.4) is 0 Å². The zero-order valence-corrected chi connectivity index (χ0v) is 12.8. The van der Waals surface area contributed by atoms with E-state index in [1.54, 1.807) is 6.92 Å². The molecule has 108 valence electrons. The molecule has 9 heteroatoms. The number of halogens is 3. The smallest absolute Gasteiger partial charge is 0.252 e. The number of aromatic nitrogens is 1. The van der Waals surface area contributed by atoms with Gasteiger partial charge in [0.05, 0.1) is 6.54 Å². The molecule has 1 aromatic rings. The molecule has 1 rings (SSSR count). The van der Waals surface area contributed by atoms with Crippen LogP contribution >= 0.6 is 15.9 Å². The number of nitrogens with one attached hydrogen (secondary N) is 1. The predicted molar refractivity (Wildman–Crippen MR) is 71.9 cm³/mol. The van der Waals surface area contributed by atoms with Crippen molar-refractivity contribution in [2.75, 3.05) is 25.5 Å². The molecule has 5 nitrogen and oxygen atoms in total. The van der Waals surface area contributed by atoms with Crippen LogP contribution in [0.25, 0.3) is 0 Å². The lowest BCUT2D eigenvalue weighted by atomic mass is 10.4.